The number of hydrogen-bond acceptors (Lipinski definition) is 5. The van der Waals surface area contributed by atoms with E-state index in [0.29, 0.717) is 29.9 Å². The first-order valence-corrected chi connectivity index (χ1v) is 14.1. The van der Waals surface area contributed by atoms with Crippen molar-refractivity contribution in [2.24, 2.45) is 5.92 Å². The highest BCUT2D eigenvalue weighted by Gasteiger charge is 2.37. The van der Waals surface area contributed by atoms with Crippen molar-refractivity contribution in [2.45, 2.75) is 63.5 Å². The maximum Gasteiger partial charge on any atom is 0.251 e. The molecular weight excluding hydrogens is 495 g/mol. The summed E-state index contributed by atoms with van der Waals surface area (Å²) in [5.74, 6) is 0.610. The van der Waals surface area contributed by atoms with Crippen LogP contribution in [0.5, 0.6) is 0 Å². The van der Waals surface area contributed by atoms with Crippen LogP contribution in [-0.4, -0.2) is 63.4 Å². The Morgan fingerprint density at radius 1 is 1.08 bits per heavy atom. The van der Waals surface area contributed by atoms with Gasteiger partial charge in [-0.3, -0.25) is 9.59 Å². The van der Waals surface area contributed by atoms with Crippen molar-refractivity contribution in [2.75, 3.05) is 19.6 Å². The van der Waals surface area contributed by atoms with Crippen molar-refractivity contribution in [1.82, 2.24) is 30.5 Å². The van der Waals surface area contributed by atoms with Crippen molar-refractivity contribution in [3.05, 3.63) is 77.9 Å². The first-order valence-electron chi connectivity index (χ1n) is 14.1. The van der Waals surface area contributed by atoms with E-state index in [4.69, 9.17) is 0 Å². The standard InChI is InChI=1S/C30H37FN6O2/c1-2-21-13-17-36(18-14-21)30(39)27(4-3-15-32-28-20-26(28)22-5-9-24(31)10-6-22)34-29(38)23-7-11-25(12-8-23)37-19-16-33-35-37/h5-12,16,19,21,26-28,32H,2-4,13-15,17-18,20H2,1H3,(H,34,38)/t26-,27-,28+/m0/s1. The number of amides is 2. The molecule has 2 aliphatic rings. The molecule has 8 nitrogen and oxygen atoms in total. The predicted octanol–water partition coefficient (Wildman–Crippen LogP) is 4.08. The quantitative estimate of drug-likeness (QED) is 0.363. The molecule has 9 heteroatoms. The maximum absolute atomic E-state index is 13.5. The molecule has 5 rings (SSSR count). The Hall–Kier alpha value is -3.59. The fourth-order valence-corrected chi connectivity index (χ4v) is 5.49. The van der Waals surface area contributed by atoms with Crippen molar-refractivity contribution in [3.63, 3.8) is 0 Å². The highest BCUT2D eigenvalue weighted by Crippen LogP contribution is 2.40. The number of hydrogen-bond donors (Lipinski definition) is 2. The highest BCUT2D eigenvalue weighted by atomic mass is 19.1. The minimum atomic E-state index is -0.570. The smallest absolute Gasteiger partial charge is 0.251 e. The largest absolute Gasteiger partial charge is 0.341 e. The third-order valence-corrected chi connectivity index (χ3v) is 8.09. The summed E-state index contributed by atoms with van der Waals surface area (Å²) in [5, 5.41) is 14.4. The summed E-state index contributed by atoms with van der Waals surface area (Å²) >= 11 is 0. The lowest BCUT2D eigenvalue weighted by atomic mass is 9.94. The van der Waals surface area contributed by atoms with Gasteiger partial charge in [0.1, 0.15) is 11.9 Å². The van der Waals surface area contributed by atoms with E-state index in [2.05, 4.69) is 27.9 Å². The monoisotopic (exact) mass is 532 g/mol. The molecule has 2 fully saturated rings. The van der Waals surface area contributed by atoms with Crippen molar-refractivity contribution < 1.29 is 14.0 Å². The zero-order valence-electron chi connectivity index (χ0n) is 22.4. The van der Waals surface area contributed by atoms with E-state index in [-0.39, 0.29) is 17.6 Å². The molecule has 1 aliphatic carbocycles. The Bertz CT molecular complexity index is 1220. The second kappa shape index (κ2) is 12.5. The SMILES string of the molecule is CCC1CCN(C(=O)[C@H](CCCN[C@@H]2C[C@H]2c2ccc(F)cc2)NC(=O)c2ccc(-n3ccnn3)cc2)CC1. The molecule has 0 bridgehead atoms. The number of halogens is 1. The lowest BCUT2D eigenvalue weighted by molar-refractivity contribution is -0.134. The van der Waals surface area contributed by atoms with Gasteiger partial charge in [0, 0.05) is 30.6 Å². The normalized spacial score (nSPS) is 20.0. The van der Waals surface area contributed by atoms with Gasteiger partial charge in [0.05, 0.1) is 18.1 Å². The van der Waals surface area contributed by atoms with E-state index in [1.54, 1.807) is 29.2 Å². The Morgan fingerprint density at radius 3 is 2.49 bits per heavy atom. The molecule has 1 aliphatic heterocycles. The fraction of sp³-hybridized carbons (Fsp3) is 0.467. The Labute approximate surface area is 229 Å². The summed E-state index contributed by atoms with van der Waals surface area (Å²) in [6.45, 7) is 4.45. The lowest BCUT2D eigenvalue weighted by Gasteiger charge is -2.34. The molecule has 0 radical (unpaired) electrons. The third-order valence-electron chi connectivity index (χ3n) is 8.09. The molecular formula is C30H37FN6O2. The number of nitrogens with zero attached hydrogens (tertiary/aromatic N) is 4. The zero-order valence-corrected chi connectivity index (χ0v) is 22.4. The van der Waals surface area contributed by atoms with Crippen LogP contribution < -0.4 is 10.6 Å². The van der Waals surface area contributed by atoms with Gasteiger partial charge < -0.3 is 15.5 Å². The second-order valence-corrected chi connectivity index (χ2v) is 10.7. The molecule has 3 atom stereocenters. The Morgan fingerprint density at radius 2 is 1.82 bits per heavy atom. The van der Waals surface area contributed by atoms with Gasteiger partial charge >= 0.3 is 0 Å². The highest BCUT2D eigenvalue weighted by molar-refractivity contribution is 5.97. The van der Waals surface area contributed by atoms with Gasteiger partial charge in [0.25, 0.3) is 5.91 Å². The summed E-state index contributed by atoms with van der Waals surface area (Å²) in [6.07, 6.45) is 8.86. The minimum absolute atomic E-state index is 0.00718. The summed E-state index contributed by atoms with van der Waals surface area (Å²) in [4.78, 5) is 28.6. The number of benzene rings is 2. The molecule has 2 amide bonds. The number of aromatic nitrogens is 3. The van der Waals surface area contributed by atoms with Gasteiger partial charge in [-0.1, -0.05) is 30.7 Å². The van der Waals surface area contributed by atoms with Gasteiger partial charge in [0.15, 0.2) is 0 Å². The zero-order chi connectivity index (χ0) is 27.2. The molecule has 3 aromatic rings. The summed E-state index contributed by atoms with van der Waals surface area (Å²) in [6, 6.07) is 13.6. The van der Waals surface area contributed by atoms with Gasteiger partial charge in [-0.15, -0.1) is 5.10 Å². The van der Waals surface area contributed by atoms with Gasteiger partial charge in [-0.25, -0.2) is 9.07 Å². The van der Waals surface area contributed by atoms with Crippen molar-refractivity contribution in [3.8, 4) is 5.69 Å². The average molecular weight is 533 g/mol. The first-order chi connectivity index (χ1) is 19.0. The Balaban J connectivity index is 1.17. The van der Waals surface area contributed by atoms with Crippen LogP contribution in [-0.2, 0) is 4.79 Å². The molecule has 39 heavy (non-hydrogen) atoms. The molecule has 1 saturated carbocycles. The average Bonchev–Trinajstić information content (AvgIpc) is 3.53. The number of carbonyl (C=O) groups is 2. The van der Waals surface area contributed by atoms with E-state index in [1.807, 2.05) is 29.2 Å². The van der Waals surface area contributed by atoms with Crippen molar-refractivity contribution >= 4 is 11.8 Å². The molecule has 2 aromatic carbocycles. The number of nitrogens with one attached hydrogen (secondary N) is 2. The lowest BCUT2D eigenvalue weighted by Crippen LogP contribution is -2.51. The number of rotatable bonds is 11. The van der Waals surface area contributed by atoms with E-state index >= 15 is 0 Å². The fourth-order valence-electron chi connectivity index (χ4n) is 5.49. The Kier molecular flexibility index (Phi) is 8.66. The van der Waals surface area contributed by atoms with Gasteiger partial charge in [-0.05, 0) is 86.5 Å². The minimum Gasteiger partial charge on any atom is -0.341 e. The number of carbonyl (C=O) groups excluding carboxylic acids is 2. The molecule has 0 unspecified atom stereocenters. The molecule has 2 N–H and O–H groups in total. The van der Waals surface area contributed by atoms with E-state index in [1.165, 1.54) is 12.1 Å². The van der Waals surface area contributed by atoms with Crippen molar-refractivity contribution in [1.29, 1.82) is 0 Å². The topological polar surface area (TPSA) is 92.2 Å². The van der Waals surface area contributed by atoms with Gasteiger partial charge in [-0.2, -0.15) is 0 Å². The van der Waals surface area contributed by atoms with Crippen LogP contribution in [0.3, 0.4) is 0 Å². The van der Waals surface area contributed by atoms with Crippen LogP contribution in [0.2, 0.25) is 0 Å². The number of piperidine rings is 1. The van der Waals surface area contributed by atoms with E-state index in [9.17, 15) is 14.0 Å². The molecule has 2 heterocycles. The molecule has 206 valence electrons. The predicted molar refractivity (Wildman–Crippen MR) is 147 cm³/mol. The molecule has 0 spiro atoms. The molecule has 1 saturated heterocycles. The first kappa shape index (κ1) is 27.0. The maximum atomic E-state index is 13.5. The van der Waals surface area contributed by atoms with Crippen LogP contribution in [0, 0.1) is 11.7 Å². The summed E-state index contributed by atoms with van der Waals surface area (Å²) in [5.41, 5.74) is 2.46. The van der Waals surface area contributed by atoms with Gasteiger partial charge in [0.2, 0.25) is 5.91 Å². The second-order valence-electron chi connectivity index (χ2n) is 10.7. The molecule has 1 aromatic heterocycles. The van der Waals surface area contributed by atoms with Crippen LogP contribution >= 0.6 is 0 Å². The van der Waals surface area contributed by atoms with Crippen LogP contribution in [0.1, 0.15) is 67.3 Å². The van der Waals surface area contributed by atoms with E-state index in [0.717, 1.165) is 63.0 Å². The van der Waals surface area contributed by atoms with E-state index < -0.39 is 6.04 Å². The summed E-state index contributed by atoms with van der Waals surface area (Å²) in [7, 11) is 0. The number of likely N-dealkylation sites (tertiary alicyclic amines) is 1. The van der Waals surface area contributed by atoms with Crippen LogP contribution in [0.15, 0.2) is 60.9 Å². The van der Waals surface area contributed by atoms with Crippen LogP contribution in [0.25, 0.3) is 5.69 Å². The summed E-state index contributed by atoms with van der Waals surface area (Å²) < 4.78 is 14.8. The third kappa shape index (κ3) is 6.89. The van der Waals surface area contributed by atoms with Crippen LogP contribution in [0.4, 0.5) is 4.39 Å².